The van der Waals surface area contributed by atoms with E-state index >= 15 is 0 Å². The third kappa shape index (κ3) is 3.74. The third-order valence-electron chi connectivity index (χ3n) is 4.82. The van der Waals surface area contributed by atoms with Crippen LogP contribution in [0.5, 0.6) is 5.75 Å². The van der Waals surface area contributed by atoms with Crippen molar-refractivity contribution in [2.24, 2.45) is 0 Å². The first kappa shape index (κ1) is 19.9. The van der Waals surface area contributed by atoms with Crippen molar-refractivity contribution in [2.45, 2.75) is 6.54 Å². The summed E-state index contributed by atoms with van der Waals surface area (Å²) in [7, 11) is 2.87. The van der Waals surface area contributed by atoms with Crippen LogP contribution >= 0.6 is 11.6 Å². The van der Waals surface area contributed by atoms with Gasteiger partial charge in [0.1, 0.15) is 17.3 Å². The molecule has 7 heteroatoms. The molecule has 0 unspecified atom stereocenters. The fourth-order valence-electron chi connectivity index (χ4n) is 3.42. The van der Waals surface area contributed by atoms with Crippen LogP contribution in [0.15, 0.2) is 60.7 Å². The highest BCUT2D eigenvalue weighted by atomic mass is 35.5. The fourth-order valence-corrected chi connectivity index (χ4v) is 3.66. The summed E-state index contributed by atoms with van der Waals surface area (Å²) in [6, 6.07) is 17.1. The van der Waals surface area contributed by atoms with Crippen LogP contribution in [-0.2, 0) is 11.3 Å². The molecule has 0 saturated carbocycles. The highest BCUT2D eigenvalue weighted by Gasteiger charge is 2.16. The largest absolute Gasteiger partial charge is 0.495 e. The Bertz CT molecular complexity index is 1250. The Morgan fingerprint density at radius 3 is 2.63 bits per heavy atom. The van der Waals surface area contributed by atoms with Crippen LogP contribution in [0.2, 0.25) is 5.02 Å². The van der Waals surface area contributed by atoms with Crippen molar-refractivity contribution in [3.05, 3.63) is 82.9 Å². The van der Waals surface area contributed by atoms with Gasteiger partial charge in [0.25, 0.3) is 0 Å². The molecule has 0 saturated heterocycles. The number of fused-ring (bicyclic) bond motifs is 1. The van der Waals surface area contributed by atoms with Crippen molar-refractivity contribution >= 4 is 28.5 Å². The van der Waals surface area contributed by atoms with Gasteiger partial charge in [0, 0.05) is 16.6 Å². The summed E-state index contributed by atoms with van der Waals surface area (Å²) in [5.74, 6) is -0.281. The zero-order valence-corrected chi connectivity index (χ0v) is 17.1. The number of methoxy groups -OCH3 is 2. The second kappa shape index (κ2) is 8.16. The van der Waals surface area contributed by atoms with Crippen LogP contribution in [0.25, 0.3) is 22.2 Å². The molecule has 0 atom stereocenters. The number of carbonyl (C=O) groups is 1. The van der Waals surface area contributed by atoms with Gasteiger partial charge >= 0.3 is 5.97 Å². The van der Waals surface area contributed by atoms with E-state index < -0.39 is 5.97 Å². The monoisotopic (exact) mass is 424 g/mol. The molecular weight excluding hydrogens is 407 g/mol. The van der Waals surface area contributed by atoms with Crippen molar-refractivity contribution < 1.29 is 18.7 Å². The molecule has 2 aromatic carbocycles. The van der Waals surface area contributed by atoms with E-state index in [9.17, 15) is 9.18 Å². The minimum absolute atomic E-state index is 0.221. The summed E-state index contributed by atoms with van der Waals surface area (Å²) >= 11 is 6.37. The summed E-state index contributed by atoms with van der Waals surface area (Å²) in [4.78, 5) is 16.3. The zero-order valence-electron chi connectivity index (χ0n) is 16.4. The molecule has 0 aliphatic heterocycles. The first-order chi connectivity index (χ1) is 14.5. The maximum Gasteiger partial charge on any atom is 0.356 e. The predicted octanol–water partition coefficient (Wildman–Crippen LogP) is 5.34. The van der Waals surface area contributed by atoms with Crippen LogP contribution in [0, 0.1) is 5.82 Å². The summed E-state index contributed by atoms with van der Waals surface area (Å²) in [5, 5.41) is 1.35. The maximum atomic E-state index is 13.9. The lowest BCUT2D eigenvalue weighted by molar-refractivity contribution is 0.0593. The number of carbonyl (C=O) groups excluding carboxylic acids is 1. The van der Waals surface area contributed by atoms with Gasteiger partial charge in [0.2, 0.25) is 0 Å². The van der Waals surface area contributed by atoms with Gasteiger partial charge in [-0.15, -0.1) is 0 Å². The van der Waals surface area contributed by atoms with Crippen LogP contribution in [0.1, 0.15) is 16.2 Å². The van der Waals surface area contributed by atoms with Gasteiger partial charge in [-0.2, -0.15) is 0 Å². The summed E-state index contributed by atoms with van der Waals surface area (Å²) < 4.78 is 26.0. The van der Waals surface area contributed by atoms with Crippen molar-refractivity contribution in [2.75, 3.05) is 14.2 Å². The Hall–Kier alpha value is -3.38. The van der Waals surface area contributed by atoms with Gasteiger partial charge in [-0.3, -0.25) is 0 Å². The average Bonchev–Trinajstić information content (AvgIpc) is 3.10. The number of rotatable bonds is 5. The number of halogens is 2. The van der Waals surface area contributed by atoms with Gasteiger partial charge in [-0.25, -0.2) is 14.2 Å². The zero-order chi connectivity index (χ0) is 21.3. The highest BCUT2D eigenvalue weighted by Crippen LogP contribution is 2.35. The van der Waals surface area contributed by atoms with Crippen LogP contribution in [-0.4, -0.2) is 29.7 Å². The normalized spacial score (nSPS) is 10.9. The van der Waals surface area contributed by atoms with E-state index in [4.69, 9.17) is 21.1 Å². The SMILES string of the molecule is COC(=O)c1cccc(Cn2c(-c3cccc(F)c3)cc3cc(OC)c(Cl)cc32)n1. The number of hydrogen-bond donors (Lipinski definition) is 0. The molecule has 0 radical (unpaired) electrons. The molecule has 30 heavy (non-hydrogen) atoms. The van der Waals surface area contributed by atoms with Crippen molar-refractivity contribution in [1.82, 2.24) is 9.55 Å². The molecule has 5 nitrogen and oxygen atoms in total. The molecule has 0 spiro atoms. The molecule has 2 aromatic heterocycles. The minimum atomic E-state index is -0.507. The van der Waals surface area contributed by atoms with E-state index in [2.05, 4.69) is 4.98 Å². The van der Waals surface area contributed by atoms with Gasteiger partial charge in [0.15, 0.2) is 0 Å². The number of aromatic nitrogens is 2. The molecule has 4 aromatic rings. The number of benzene rings is 2. The highest BCUT2D eigenvalue weighted by molar-refractivity contribution is 6.32. The molecule has 152 valence electrons. The van der Waals surface area contributed by atoms with Crippen molar-refractivity contribution in [3.8, 4) is 17.0 Å². The molecule has 0 bridgehead atoms. The van der Waals surface area contributed by atoms with Crippen molar-refractivity contribution in [1.29, 1.82) is 0 Å². The molecule has 0 fully saturated rings. The second-order valence-electron chi connectivity index (χ2n) is 6.68. The quantitative estimate of drug-likeness (QED) is 0.406. The predicted molar refractivity (Wildman–Crippen MR) is 114 cm³/mol. The number of hydrogen-bond acceptors (Lipinski definition) is 4. The lowest BCUT2D eigenvalue weighted by atomic mass is 10.1. The Labute approximate surface area is 177 Å². The van der Waals surface area contributed by atoms with Gasteiger partial charge in [-0.05, 0) is 42.5 Å². The molecule has 0 N–H and O–H groups in total. The molecule has 4 rings (SSSR count). The second-order valence-corrected chi connectivity index (χ2v) is 7.08. The van der Waals surface area contributed by atoms with E-state index in [1.54, 1.807) is 25.3 Å². The van der Waals surface area contributed by atoms with Crippen LogP contribution in [0.4, 0.5) is 4.39 Å². The minimum Gasteiger partial charge on any atom is -0.495 e. The lowest BCUT2D eigenvalue weighted by Gasteiger charge is -2.12. The van der Waals surface area contributed by atoms with Gasteiger partial charge < -0.3 is 14.0 Å². The van der Waals surface area contributed by atoms with E-state index in [1.807, 2.05) is 34.9 Å². The number of esters is 1. The fraction of sp³-hybridized carbons (Fsp3) is 0.130. The standard InChI is InChI=1S/C23H18ClFN2O3/c1-29-22-11-15-10-20(14-5-3-6-16(25)9-14)27(21(15)12-18(22)24)13-17-7-4-8-19(26-17)23(28)30-2/h3-12H,13H2,1-2H3. The number of nitrogens with zero attached hydrogens (tertiary/aromatic N) is 2. The van der Waals surface area contributed by atoms with E-state index in [1.165, 1.54) is 19.2 Å². The van der Waals surface area contributed by atoms with Gasteiger partial charge in [-0.1, -0.05) is 29.8 Å². The molecule has 0 aliphatic rings. The molecular formula is C23H18ClFN2O3. The number of ether oxygens (including phenoxy) is 2. The Morgan fingerprint density at radius 2 is 1.90 bits per heavy atom. The summed E-state index contributed by atoms with van der Waals surface area (Å²) in [6.07, 6.45) is 0. The van der Waals surface area contributed by atoms with Crippen LogP contribution in [0.3, 0.4) is 0 Å². The first-order valence-electron chi connectivity index (χ1n) is 9.17. The van der Waals surface area contributed by atoms with Crippen molar-refractivity contribution in [3.63, 3.8) is 0 Å². The number of pyridine rings is 1. The Balaban J connectivity index is 1.89. The maximum absolute atomic E-state index is 13.9. The summed E-state index contributed by atoms with van der Waals surface area (Å²) in [5.41, 5.74) is 3.22. The molecule has 2 heterocycles. The molecule has 0 aliphatic carbocycles. The van der Waals surface area contributed by atoms with Gasteiger partial charge in [0.05, 0.1) is 37.0 Å². The third-order valence-corrected chi connectivity index (χ3v) is 5.11. The topological polar surface area (TPSA) is 53.4 Å². The van der Waals surface area contributed by atoms with E-state index in [0.717, 1.165) is 16.6 Å². The first-order valence-corrected chi connectivity index (χ1v) is 9.55. The Morgan fingerprint density at radius 1 is 1.10 bits per heavy atom. The Kier molecular flexibility index (Phi) is 5.42. The van der Waals surface area contributed by atoms with E-state index in [-0.39, 0.29) is 11.5 Å². The average molecular weight is 425 g/mol. The molecule has 0 amide bonds. The summed E-state index contributed by atoms with van der Waals surface area (Å²) in [6.45, 7) is 0.350. The van der Waals surface area contributed by atoms with E-state index in [0.29, 0.717) is 28.6 Å². The smallest absolute Gasteiger partial charge is 0.356 e. The lowest BCUT2D eigenvalue weighted by Crippen LogP contribution is -2.09. The van der Waals surface area contributed by atoms with Crippen LogP contribution < -0.4 is 4.74 Å².